The van der Waals surface area contributed by atoms with Crippen LogP contribution in [0.4, 0.5) is 0 Å². The van der Waals surface area contributed by atoms with Gasteiger partial charge in [0.15, 0.2) is 5.16 Å². The second-order valence-corrected chi connectivity index (χ2v) is 5.38. The Labute approximate surface area is 108 Å². The Morgan fingerprint density at radius 1 is 1.12 bits per heavy atom. The highest BCUT2D eigenvalue weighted by Crippen LogP contribution is 2.29. The van der Waals surface area contributed by atoms with Crippen LogP contribution in [0.2, 0.25) is 5.02 Å². The van der Waals surface area contributed by atoms with Gasteiger partial charge in [-0.3, -0.25) is 0 Å². The van der Waals surface area contributed by atoms with E-state index in [1.54, 1.807) is 0 Å². The molecule has 0 atom stereocenters. The first-order valence-corrected chi connectivity index (χ1v) is 7.05. The standard InChI is InChI=1S/C9H13ClN2O2S2/c1-6-7(10)8(15-4-2-13)12-9(11-6)16-5-3-14/h13-14H,2-5H2,1H3. The van der Waals surface area contributed by atoms with Gasteiger partial charge < -0.3 is 10.2 Å². The molecule has 0 bridgehead atoms. The lowest BCUT2D eigenvalue weighted by Crippen LogP contribution is -1.98. The summed E-state index contributed by atoms with van der Waals surface area (Å²) in [6.07, 6.45) is 0. The first-order valence-electron chi connectivity index (χ1n) is 4.70. The van der Waals surface area contributed by atoms with Gasteiger partial charge in [-0.1, -0.05) is 23.4 Å². The zero-order valence-electron chi connectivity index (χ0n) is 8.81. The molecule has 0 aliphatic carbocycles. The van der Waals surface area contributed by atoms with Crippen molar-refractivity contribution in [2.45, 2.75) is 17.1 Å². The molecule has 0 amide bonds. The number of hydrogen-bond acceptors (Lipinski definition) is 6. The van der Waals surface area contributed by atoms with E-state index in [0.29, 0.717) is 26.7 Å². The number of aliphatic hydroxyl groups is 2. The zero-order valence-corrected chi connectivity index (χ0v) is 11.2. The van der Waals surface area contributed by atoms with Crippen LogP contribution in [-0.2, 0) is 0 Å². The largest absolute Gasteiger partial charge is 0.396 e. The Hall–Kier alpha value is -0.0100. The fourth-order valence-corrected chi connectivity index (χ4v) is 2.59. The fourth-order valence-electron chi connectivity index (χ4n) is 0.948. The van der Waals surface area contributed by atoms with Crippen molar-refractivity contribution >= 4 is 35.1 Å². The van der Waals surface area contributed by atoms with Gasteiger partial charge in [0.1, 0.15) is 5.03 Å². The van der Waals surface area contributed by atoms with E-state index in [1.165, 1.54) is 23.5 Å². The van der Waals surface area contributed by atoms with Gasteiger partial charge in [-0.25, -0.2) is 9.97 Å². The lowest BCUT2D eigenvalue weighted by molar-refractivity contribution is 0.322. The van der Waals surface area contributed by atoms with Crippen LogP contribution in [-0.4, -0.2) is 44.9 Å². The average Bonchev–Trinajstić information content (AvgIpc) is 2.28. The summed E-state index contributed by atoms with van der Waals surface area (Å²) in [6.45, 7) is 1.99. The van der Waals surface area contributed by atoms with Crippen LogP contribution in [0.15, 0.2) is 10.2 Å². The van der Waals surface area contributed by atoms with Crippen LogP contribution in [0.3, 0.4) is 0 Å². The molecule has 1 heterocycles. The van der Waals surface area contributed by atoms with Crippen molar-refractivity contribution in [3.8, 4) is 0 Å². The summed E-state index contributed by atoms with van der Waals surface area (Å²) in [5.74, 6) is 1.12. The van der Waals surface area contributed by atoms with Crippen molar-refractivity contribution in [3.63, 3.8) is 0 Å². The number of aromatic nitrogens is 2. The molecule has 0 aliphatic heterocycles. The lowest BCUT2D eigenvalue weighted by atomic mass is 10.5. The van der Waals surface area contributed by atoms with E-state index in [9.17, 15) is 0 Å². The first-order chi connectivity index (χ1) is 7.69. The van der Waals surface area contributed by atoms with Gasteiger partial charge in [-0.2, -0.15) is 0 Å². The SMILES string of the molecule is Cc1nc(SCCO)nc(SCCO)c1Cl. The molecule has 7 heteroatoms. The lowest BCUT2D eigenvalue weighted by Gasteiger charge is -2.07. The van der Waals surface area contributed by atoms with Gasteiger partial charge in [0.2, 0.25) is 0 Å². The summed E-state index contributed by atoms with van der Waals surface area (Å²) < 4.78 is 0. The summed E-state index contributed by atoms with van der Waals surface area (Å²) in [7, 11) is 0. The minimum atomic E-state index is 0.0865. The van der Waals surface area contributed by atoms with E-state index in [1.807, 2.05) is 6.92 Å². The van der Waals surface area contributed by atoms with E-state index in [0.717, 1.165) is 5.69 Å². The third-order valence-electron chi connectivity index (χ3n) is 1.62. The monoisotopic (exact) mass is 280 g/mol. The van der Waals surface area contributed by atoms with Crippen molar-refractivity contribution in [1.29, 1.82) is 0 Å². The molecule has 0 fully saturated rings. The van der Waals surface area contributed by atoms with E-state index in [2.05, 4.69) is 9.97 Å². The number of thioether (sulfide) groups is 2. The predicted octanol–water partition coefficient (Wildman–Crippen LogP) is 1.61. The normalized spacial score (nSPS) is 10.8. The highest BCUT2D eigenvalue weighted by atomic mass is 35.5. The molecule has 0 saturated heterocycles. The Kier molecular flexibility index (Phi) is 6.45. The van der Waals surface area contributed by atoms with Crippen LogP contribution in [0.25, 0.3) is 0 Å². The summed E-state index contributed by atoms with van der Waals surface area (Å²) in [6, 6.07) is 0. The van der Waals surface area contributed by atoms with E-state index in [4.69, 9.17) is 21.8 Å². The maximum Gasteiger partial charge on any atom is 0.189 e. The molecule has 0 radical (unpaired) electrons. The summed E-state index contributed by atoms with van der Waals surface area (Å²) in [4.78, 5) is 8.48. The maximum absolute atomic E-state index is 8.75. The van der Waals surface area contributed by atoms with Crippen molar-refractivity contribution in [2.75, 3.05) is 24.7 Å². The molecular formula is C9H13ClN2O2S2. The van der Waals surface area contributed by atoms with Crippen molar-refractivity contribution in [2.24, 2.45) is 0 Å². The topological polar surface area (TPSA) is 66.2 Å². The van der Waals surface area contributed by atoms with E-state index in [-0.39, 0.29) is 13.2 Å². The van der Waals surface area contributed by atoms with Crippen LogP contribution in [0, 0.1) is 6.92 Å². The van der Waals surface area contributed by atoms with Gasteiger partial charge in [0.05, 0.1) is 23.9 Å². The van der Waals surface area contributed by atoms with Gasteiger partial charge in [-0.15, -0.1) is 11.8 Å². The molecule has 0 aliphatic rings. The smallest absolute Gasteiger partial charge is 0.189 e. The number of aryl methyl sites for hydroxylation is 1. The Morgan fingerprint density at radius 3 is 2.38 bits per heavy atom. The minimum Gasteiger partial charge on any atom is -0.396 e. The molecule has 1 rings (SSSR count). The molecule has 0 spiro atoms. The Morgan fingerprint density at radius 2 is 1.75 bits per heavy atom. The zero-order chi connectivity index (χ0) is 12.0. The molecule has 16 heavy (non-hydrogen) atoms. The number of nitrogens with zero attached hydrogens (tertiary/aromatic N) is 2. The molecule has 0 unspecified atom stereocenters. The minimum absolute atomic E-state index is 0.0865. The number of hydrogen-bond donors (Lipinski definition) is 2. The molecule has 90 valence electrons. The summed E-state index contributed by atoms with van der Waals surface area (Å²) in [5.41, 5.74) is 0.720. The second-order valence-electron chi connectivity index (χ2n) is 2.85. The average molecular weight is 281 g/mol. The molecule has 1 aromatic rings. The Bertz CT molecular complexity index is 353. The second kappa shape index (κ2) is 7.34. The fraction of sp³-hybridized carbons (Fsp3) is 0.556. The van der Waals surface area contributed by atoms with Crippen LogP contribution >= 0.6 is 35.1 Å². The van der Waals surface area contributed by atoms with Crippen molar-refractivity contribution in [3.05, 3.63) is 10.7 Å². The quantitative estimate of drug-likeness (QED) is 0.469. The highest BCUT2D eigenvalue weighted by molar-refractivity contribution is 7.99. The van der Waals surface area contributed by atoms with Crippen molar-refractivity contribution in [1.82, 2.24) is 9.97 Å². The van der Waals surface area contributed by atoms with Crippen LogP contribution in [0.1, 0.15) is 5.69 Å². The third-order valence-corrected chi connectivity index (χ3v) is 3.97. The molecule has 0 saturated carbocycles. The van der Waals surface area contributed by atoms with E-state index < -0.39 is 0 Å². The number of aliphatic hydroxyl groups excluding tert-OH is 2. The van der Waals surface area contributed by atoms with Crippen LogP contribution < -0.4 is 0 Å². The highest BCUT2D eigenvalue weighted by Gasteiger charge is 2.10. The van der Waals surface area contributed by atoms with Gasteiger partial charge in [0, 0.05) is 11.5 Å². The molecular weight excluding hydrogens is 268 g/mol. The molecule has 0 aromatic carbocycles. The first kappa shape index (κ1) is 14.1. The molecule has 2 N–H and O–H groups in total. The van der Waals surface area contributed by atoms with Crippen molar-refractivity contribution < 1.29 is 10.2 Å². The predicted molar refractivity (Wildman–Crippen MR) is 67.4 cm³/mol. The van der Waals surface area contributed by atoms with Gasteiger partial charge in [-0.05, 0) is 6.92 Å². The number of rotatable bonds is 6. The van der Waals surface area contributed by atoms with Gasteiger partial charge >= 0.3 is 0 Å². The molecule has 1 aromatic heterocycles. The Balaban J connectivity index is 2.83. The molecule has 4 nitrogen and oxygen atoms in total. The third kappa shape index (κ3) is 4.10. The maximum atomic E-state index is 8.75. The number of halogens is 1. The van der Waals surface area contributed by atoms with Crippen LogP contribution in [0.5, 0.6) is 0 Å². The van der Waals surface area contributed by atoms with E-state index >= 15 is 0 Å². The summed E-state index contributed by atoms with van der Waals surface area (Å²) >= 11 is 8.83. The summed E-state index contributed by atoms with van der Waals surface area (Å²) in [5, 5.41) is 19.3. The van der Waals surface area contributed by atoms with Gasteiger partial charge in [0.25, 0.3) is 0 Å².